The lowest BCUT2D eigenvalue weighted by atomic mass is 10.1. The molecule has 38 heavy (non-hydrogen) atoms. The van der Waals surface area contributed by atoms with E-state index >= 15 is 0 Å². The number of thiazole rings is 1. The number of amides is 2. The fraction of sp³-hybridized carbons (Fsp3) is 0.423. The van der Waals surface area contributed by atoms with Gasteiger partial charge in [0, 0.05) is 11.9 Å². The number of hydrogen-bond acceptors (Lipinski definition) is 9. The van der Waals surface area contributed by atoms with Crippen molar-refractivity contribution in [3.8, 4) is 0 Å². The van der Waals surface area contributed by atoms with Gasteiger partial charge >= 0.3 is 11.9 Å². The Bertz CT molecular complexity index is 1450. The fourth-order valence-corrected chi connectivity index (χ4v) is 7.24. The number of aromatic nitrogens is 1. The molecule has 0 spiro atoms. The number of thioether (sulfide) groups is 1. The molecule has 0 saturated carbocycles. The first-order valence-electron chi connectivity index (χ1n) is 12.3. The third kappa shape index (κ3) is 6.36. The van der Waals surface area contributed by atoms with Crippen molar-refractivity contribution in [3.05, 3.63) is 44.6 Å². The smallest absolute Gasteiger partial charge is 0.341 e. The van der Waals surface area contributed by atoms with Crippen molar-refractivity contribution in [1.29, 1.82) is 0 Å². The van der Waals surface area contributed by atoms with Crippen molar-refractivity contribution in [2.75, 3.05) is 30.5 Å². The number of esters is 2. The van der Waals surface area contributed by atoms with Crippen LogP contribution in [-0.4, -0.2) is 53.5 Å². The first kappa shape index (κ1) is 28.1. The van der Waals surface area contributed by atoms with Crippen molar-refractivity contribution < 1.29 is 28.7 Å². The normalized spacial score (nSPS) is 13.6. The summed E-state index contributed by atoms with van der Waals surface area (Å²) in [7, 11) is 3.12. The van der Waals surface area contributed by atoms with Crippen LogP contribution in [0.3, 0.4) is 0 Å². The van der Waals surface area contributed by atoms with Crippen molar-refractivity contribution in [2.45, 2.75) is 39.0 Å². The summed E-state index contributed by atoms with van der Waals surface area (Å²) >= 11 is 3.90. The van der Waals surface area contributed by atoms with Gasteiger partial charge in [-0.3, -0.25) is 9.59 Å². The Morgan fingerprint density at radius 1 is 1.08 bits per heavy atom. The van der Waals surface area contributed by atoms with E-state index < -0.39 is 11.9 Å². The Hall–Kier alpha value is -2.96. The zero-order valence-electron chi connectivity index (χ0n) is 21.5. The molecule has 0 fully saturated rings. The minimum absolute atomic E-state index is 0.0285. The average Bonchev–Trinajstić information content (AvgIpc) is 3.28. The van der Waals surface area contributed by atoms with Gasteiger partial charge in [0.05, 0.1) is 46.6 Å². The van der Waals surface area contributed by atoms with E-state index in [0.29, 0.717) is 20.9 Å². The minimum Gasteiger partial charge on any atom is -0.465 e. The number of hydrogen-bond donors (Lipinski definition) is 1. The zero-order valence-corrected chi connectivity index (χ0v) is 23.9. The molecule has 12 heteroatoms. The molecule has 2 amide bonds. The number of fused-ring (bicyclic) bond motifs is 2. The number of carbonyl (C=O) groups is 4. The van der Waals surface area contributed by atoms with Gasteiger partial charge in [-0.05, 0) is 56.4 Å². The largest absolute Gasteiger partial charge is 0.465 e. The molecule has 1 aromatic carbocycles. The summed E-state index contributed by atoms with van der Waals surface area (Å²) in [4.78, 5) is 55.5. The predicted molar refractivity (Wildman–Crippen MR) is 150 cm³/mol. The number of ether oxygens (including phenoxy) is 2. The first-order chi connectivity index (χ1) is 18.3. The molecule has 0 bridgehead atoms. The Labute approximate surface area is 232 Å². The molecule has 0 saturated heterocycles. The molecule has 0 aliphatic heterocycles. The van der Waals surface area contributed by atoms with Gasteiger partial charge in [-0.25, -0.2) is 9.59 Å². The van der Waals surface area contributed by atoms with E-state index in [1.165, 1.54) is 29.8 Å². The van der Waals surface area contributed by atoms with Crippen LogP contribution >= 0.6 is 34.4 Å². The number of thiophene rings is 1. The van der Waals surface area contributed by atoms with Crippen LogP contribution < -0.4 is 10.1 Å². The van der Waals surface area contributed by atoms with Crippen LogP contribution in [0.4, 0.5) is 5.00 Å². The second-order valence-corrected chi connectivity index (χ2v) is 11.8. The Balaban J connectivity index is 1.40. The maximum absolute atomic E-state index is 12.7. The molecule has 2 aromatic heterocycles. The van der Waals surface area contributed by atoms with Gasteiger partial charge in [0.25, 0.3) is 5.91 Å². The Kier molecular flexibility index (Phi) is 9.40. The van der Waals surface area contributed by atoms with Crippen LogP contribution in [0.15, 0.2) is 23.2 Å². The highest BCUT2D eigenvalue weighted by atomic mass is 32.2. The molecule has 1 aliphatic carbocycles. The minimum atomic E-state index is -0.431. The van der Waals surface area contributed by atoms with Gasteiger partial charge in [-0.2, -0.15) is 4.99 Å². The molecule has 202 valence electrons. The van der Waals surface area contributed by atoms with Crippen LogP contribution in [0, 0.1) is 0 Å². The van der Waals surface area contributed by atoms with E-state index in [9.17, 15) is 19.2 Å². The quantitative estimate of drug-likeness (QED) is 0.314. The molecular weight excluding hydrogens is 547 g/mol. The molecule has 2 heterocycles. The second kappa shape index (κ2) is 12.7. The number of anilines is 1. The summed E-state index contributed by atoms with van der Waals surface area (Å²) in [5.41, 5.74) is 2.74. The highest BCUT2D eigenvalue weighted by molar-refractivity contribution is 8.00. The molecule has 4 rings (SSSR count). The number of carbonyl (C=O) groups excluding carboxylic acids is 4. The van der Waals surface area contributed by atoms with Crippen molar-refractivity contribution in [2.24, 2.45) is 12.0 Å². The molecule has 1 N–H and O–H groups in total. The van der Waals surface area contributed by atoms with Gasteiger partial charge in [0.15, 0.2) is 4.80 Å². The third-order valence-electron chi connectivity index (χ3n) is 6.06. The van der Waals surface area contributed by atoms with E-state index in [1.807, 2.05) is 0 Å². The summed E-state index contributed by atoms with van der Waals surface area (Å²) in [5, 5.41) is 3.40. The van der Waals surface area contributed by atoms with E-state index in [1.54, 1.807) is 36.7 Å². The number of benzene rings is 1. The highest BCUT2D eigenvalue weighted by Crippen LogP contribution is 2.38. The average molecular weight is 576 g/mol. The second-order valence-electron chi connectivity index (χ2n) is 8.65. The van der Waals surface area contributed by atoms with Crippen LogP contribution in [0.1, 0.15) is 57.3 Å². The third-order valence-corrected chi connectivity index (χ3v) is 9.28. The fourth-order valence-electron chi connectivity index (χ4n) is 4.27. The van der Waals surface area contributed by atoms with Crippen LogP contribution in [0.25, 0.3) is 10.2 Å². The molecule has 3 aromatic rings. The maximum Gasteiger partial charge on any atom is 0.341 e. The summed E-state index contributed by atoms with van der Waals surface area (Å²) in [5.74, 6) is -1.41. The predicted octanol–water partition coefficient (Wildman–Crippen LogP) is 4.33. The van der Waals surface area contributed by atoms with Crippen molar-refractivity contribution >= 4 is 73.4 Å². The Morgan fingerprint density at radius 3 is 2.63 bits per heavy atom. The molecule has 0 atom stereocenters. The summed E-state index contributed by atoms with van der Waals surface area (Å²) in [6.07, 6.45) is 4.89. The van der Waals surface area contributed by atoms with Crippen LogP contribution in [0.5, 0.6) is 0 Å². The number of methoxy groups -OCH3 is 1. The van der Waals surface area contributed by atoms with E-state index in [4.69, 9.17) is 9.47 Å². The van der Waals surface area contributed by atoms with Gasteiger partial charge < -0.3 is 19.4 Å². The summed E-state index contributed by atoms with van der Waals surface area (Å²) in [6, 6.07) is 5.17. The lowest BCUT2D eigenvalue weighted by molar-refractivity contribution is -0.115. The van der Waals surface area contributed by atoms with Gasteiger partial charge in [-0.15, -0.1) is 23.1 Å². The van der Waals surface area contributed by atoms with E-state index in [2.05, 4.69) is 10.3 Å². The zero-order chi connectivity index (χ0) is 27.2. The monoisotopic (exact) mass is 575 g/mol. The number of aryl methyl sites for hydroxylation is 2. The highest BCUT2D eigenvalue weighted by Gasteiger charge is 2.26. The molecular formula is C26H29N3O6S3. The van der Waals surface area contributed by atoms with Crippen molar-refractivity contribution in [1.82, 2.24) is 4.57 Å². The molecule has 1 aliphatic rings. The van der Waals surface area contributed by atoms with Crippen molar-refractivity contribution in [3.63, 3.8) is 0 Å². The summed E-state index contributed by atoms with van der Waals surface area (Å²) in [6.45, 7) is 2.03. The van der Waals surface area contributed by atoms with Gasteiger partial charge in [0.1, 0.15) is 5.00 Å². The maximum atomic E-state index is 12.7. The van der Waals surface area contributed by atoms with Crippen LogP contribution in [-0.2, 0) is 39.0 Å². The number of nitrogens with zero attached hydrogens (tertiary/aromatic N) is 2. The lowest BCUT2D eigenvalue weighted by Crippen LogP contribution is -2.18. The van der Waals surface area contributed by atoms with Gasteiger partial charge in [0.2, 0.25) is 5.91 Å². The molecule has 0 radical (unpaired) electrons. The standard InChI is InChI=1S/C26H29N3O6S3/c1-4-35-25(33)22-16-8-6-5-7-9-18(16)37-23(22)27-20(30)13-36-14-21(31)28-26-29(2)17-11-10-15(24(32)34-3)12-19(17)38-26/h10-12H,4-9,13-14H2,1-3H3,(H,27,30). The SMILES string of the molecule is CCOC(=O)c1c(NC(=O)CSCC(=O)N=c2sc3cc(C(=O)OC)ccc3n2C)sc2c1CCCCC2. The molecule has 9 nitrogen and oxygen atoms in total. The Morgan fingerprint density at radius 2 is 1.87 bits per heavy atom. The van der Waals surface area contributed by atoms with E-state index in [-0.39, 0.29) is 29.9 Å². The number of rotatable bonds is 8. The lowest BCUT2D eigenvalue weighted by Gasteiger charge is -2.08. The van der Waals surface area contributed by atoms with Gasteiger partial charge in [-0.1, -0.05) is 17.8 Å². The molecule has 0 unspecified atom stereocenters. The first-order valence-corrected chi connectivity index (χ1v) is 15.1. The van der Waals surface area contributed by atoms with E-state index in [0.717, 1.165) is 64.5 Å². The topological polar surface area (TPSA) is 116 Å². The summed E-state index contributed by atoms with van der Waals surface area (Å²) < 4.78 is 12.6. The van der Waals surface area contributed by atoms with Crippen LogP contribution in [0.2, 0.25) is 0 Å². The number of nitrogens with one attached hydrogen (secondary N) is 1.